The van der Waals surface area contributed by atoms with E-state index >= 15 is 0 Å². The Kier molecular flexibility index (Phi) is 3.21. The summed E-state index contributed by atoms with van der Waals surface area (Å²) in [6.45, 7) is 1.09. The van der Waals surface area contributed by atoms with Crippen molar-refractivity contribution in [3.8, 4) is 0 Å². The highest BCUT2D eigenvalue weighted by atomic mass is 15.2. The summed E-state index contributed by atoms with van der Waals surface area (Å²) < 4.78 is 0. The third kappa shape index (κ3) is 2.19. The van der Waals surface area contributed by atoms with E-state index in [0.717, 1.165) is 19.4 Å². The van der Waals surface area contributed by atoms with Gasteiger partial charge in [-0.05, 0) is 47.2 Å². The summed E-state index contributed by atoms with van der Waals surface area (Å²) >= 11 is 0. The molecule has 6 rings (SSSR count). The summed E-state index contributed by atoms with van der Waals surface area (Å²) in [6, 6.07) is 27.0. The molecule has 2 nitrogen and oxygen atoms in total. The molecule has 0 saturated carbocycles. The molecule has 0 fully saturated rings. The molecule has 0 aliphatic carbocycles. The van der Waals surface area contributed by atoms with E-state index in [2.05, 4.69) is 82.7 Å². The highest BCUT2D eigenvalue weighted by molar-refractivity contribution is 5.86. The third-order valence-corrected chi connectivity index (χ3v) is 6.29. The molecule has 2 aliphatic heterocycles. The number of fused-ring (bicyclic) bond motifs is 9. The molecular weight excluding hydrogens is 328 g/mol. The molecule has 0 radical (unpaired) electrons. The van der Waals surface area contributed by atoms with Crippen molar-refractivity contribution in [1.29, 1.82) is 0 Å². The van der Waals surface area contributed by atoms with Crippen LogP contribution in [0.3, 0.4) is 0 Å². The van der Waals surface area contributed by atoms with Gasteiger partial charge in [0.25, 0.3) is 0 Å². The van der Waals surface area contributed by atoms with Gasteiger partial charge in [-0.2, -0.15) is 0 Å². The van der Waals surface area contributed by atoms with Crippen molar-refractivity contribution in [3.05, 3.63) is 101 Å². The number of aromatic amines is 1. The van der Waals surface area contributed by atoms with Gasteiger partial charge in [0.1, 0.15) is 0 Å². The lowest BCUT2D eigenvalue weighted by Crippen LogP contribution is -2.29. The fraction of sp³-hybridized carbons (Fsp3) is 0.200. The third-order valence-electron chi connectivity index (χ3n) is 6.29. The minimum atomic E-state index is 0.259. The second kappa shape index (κ2) is 5.75. The molecular formula is C25H22N2. The Hall–Kier alpha value is -3.00. The normalized spacial score (nSPS) is 18.1. The van der Waals surface area contributed by atoms with Gasteiger partial charge in [-0.1, -0.05) is 60.7 Å². The molecule has 0 saturated heterocycles. The van der Waals surface area contributed by atoms with Crippen LogP contribution in [0.4, 0.5) is 5.69 Å². The summed E-state index contributed by atoms with van der Waals surface area (Å²) in [5.41, 5.74) is 9.87. The Bertz CT molecular complexity index is 1150. The maximum atomic E-state index is 3.82. The molecule has 4 aromatic rings. The van der Waals surface area contributed by atoms with E-state index in [0.29, 0.717) is 0 Å². The van der Waals surface area contributed by atoms with Crippen molar-refractivity contribution in [2.45, 2.75) is 25.3 Å². The first-order valence-corrected chi connectivity index (χ1v) is 9.92. The fourth-order valence-corrected chi connectivity index (χ4v) is 5.11. The number of aromatic nitrogens is 1. The van der Waals surface area contributed by atoms with Crippen LogP contribution in [-0.2, 0) is 12.8 Å². The lowest BCUT2D eigenvalue weighted by Gasteiger charge is -2.32. The molecule has 3 aromatic carbocycles. The largest absolute Gasteiger partial charge is 0.359 e. The van der Waals surface area contributed by atoms with E-state index in [1.54, 1.807) is 0 Å². The molecule has 0 amide bonds. The van der Waals surface area contributed by atoms with Gasteiger partial charge in [-0.25, -0.2) is 0 Å². The van der Waals surface area contributed by atoms with Gasteiger partial charge >= 0.3 is 0 Å². The number of rotatable bonds is 0. The van der Waals surface area contributed by atoms with Gasteiger partial charge in [0, 0.05) is 35.2 Å². The Morgan fingerprint density at radius 2 is 1.59 bits per heavy atom. The number of hydrogen-bond acceptors (Lipinski definition) is 1. The smallest absolute Gasteiger partial charge is 0.0950 e. The van der Waals surface area contributed by atoms with E-state index in [-0.39, 0.29) is 6.04 Å². The number of benzene rings is 3. The molecule has 1 aromatic heterocycles. The highest BCUT2D eigenvalue weighted by Gasteiger charge is 2.34. The van der Waals surface area contributed by atoms with E-state index < -0.39 is 0 Å². The Balaban J connectivity index is 1.71. The molecule has 27 heavy (non-hydrogen) atoms. The summed E-state index contributed by atoms with van der Waals surface area (Å²) in [5, 5.41) is 1.37. The molecule has 2 heteroatoms. The lowest BCUT2D eigenvalue weighted by molar-refractivity contribution is 0.691. The average molecular weight is 350 g/mol. The molecule has 0 unspecified atom stereocenters. The zero-order chi connectivity index (χ0) is 17.8. The van der Waals surface area contributed by atoms with Crippen LogP contribution in [0.2, 0.25) is 0 Å². The minimum absolute atomic E-state index is 0.259. The number of nitrogens with one attached hydrogen (secondary N) is 1. The first-order chi connectivity index (χ1) is 13.4. The molecule has 0 spiro atoms. The molecule has 1 atom stereocenters. The molecule has 132 valence electrons. The number of hydrogen-bond donors (Lipinski definition) is 1. The number of anilines is 1. The SMILES string of the molecule is c1ccc2c(c1)CCCN1c3ccccc3Cc3c([nH]c4ccccc34)[C@@H]21. The zero-order valence-electron chi connectivity index (χ0n) is 15.3. The van der Waals surface area contributed by atoms with E-state index in [1.165, 1.54) is 51.0 Å². The molecule has 2 aliphatic rings. The maximum Gasteiger partial charge on any atom is 0.0950 e. The average Bonchev–Trinajstić information content (AvgIpc) is 2.88. The Morgan fingerprint density at radius 3 is 2.56 bits per heavy atom. The molecule has 3 heterocycles. The number of aryl methyl sites for hydroxylation is 1. The van der Waals surface area contributed by atoms with Crippen molar-refractivity contribution in [2.24, 2.45) is 0 Å². The predicted octanol–water partition coefficient (Wildman–Crippen LogP) is 5.61. The van der Waals surface area contributed by atoms with Crippen LogP contribution >= 0.6 is 0 Å². The van der Waals surface area contributed by atoms with Crippen LogP contribution in [-0.4, -0.2) is 11.5 Å². The van der Waals surface area contributed by atoms with E-state index in [1.807, 2.05) is 0 Å². The van der Waals surface area contributed by atoms with Crippen molar-refractivity contribution in [1.82, 2.24) is 4.98 Å². The Labute approximate surface area is 159 Å². The van der Waals surface area contributed by atoms with Crippen LogP contribution in [0.25, 0.3) is 10.9 Å². The Morgan fingerprint density at radius 1 is 0.815 bits per heavy atom. The highest BCUT2D eigenvalue weighted by Crippen LogP contribution is 2.44. The van der Waals surface area contributed by atoms with Crippen LogP contribution in [0.5, 0.6) is 0 Å². The maximum absolute atomic E-state index is 3.82. The monoisotopic (exact) mass is 350 g/mol. The molecule has 1 N–H and O–H groups in total. The molecule has 0 bridgehead atoms. The standard InChI is InChI=1S/C25H22N2/c1-3-11-19-17(8-1)10-7-15-27-23-14-6-2-9-18(23)16-21-20-12-4-5-13-22(20)26-24(21)25(19)27/h1-6,8-9,11-14,25-26H,7,10,15-16H2/t25-/m1/s1. The first kappa shape index (κ1) is 15.1. The van der Waals surface area contributed by atoms with Crippen LogP contribution in [0.1, 0.15) is 40.4 Å². The minimum Gasteiger partial charge on any atom is -0.359 e. The van der Waals surface area contributed by atoms with E-state index in [4.69, 9.17) is 0 Å². The second-order valence-electron chi connectivity index (χ2n) is 7.77. The summed E-state index contributed by atoms with van der Waals surface area (Å²) in [4.78, 5) is 6.46. The second-order valence-corrected chi connectivity index (χ2v) is 7.77. The summed E-state index contributed by atoms with van der Waals surface area (Å²) in [7, 11) is 0. The van der Waals surface area contributed by atoms with Gasteiger partial charge in [0.15, 0.2) is 0 Å². The van der Waals surface area contributed by atoms with Crippen LogP contribution in [0.15, 0.2) is 72.8 Å². The van der Waals surface area contributed by atoms with Gasteiger partial charge < -0.3 is 9.88 Å². The van der Waals surface area contributed by atoms with Crippen molar-refractivity contribution in [2.75, 3.05) is 11.4 Å². The van der Waals surface area contributed by atoms with Crippen molar-refractivity contribution >= 4 is 16.6 Å². The van der Waals surface area contributed by atoms with Crippen LogP contribution < -0.4 is 4.90 Å². The zero-order valence-corrected chi connectivity index (χ0v) is 15.3. The topological polar surface area (TPSA) is 19.0 Å². The quantitative estimate of drug-likeness (QED) is 0.436. The van der Waals surface area contributed by atoms with Gasteiger partial charge in [0.05, 0.1) is 6.04 Å². The van der Waals surface area contributed by atoms with Crippen molar-refractivity contribution < 1.29 is 0 Å². The number of para-hydroxylation sites is 2. The number of nitrogens with zero attached hydrogens (tertiary/aromatic N) is 1. The lowest BCUT2D eigenvalue weighted by atomic mass is 9.94. The van der Waals surface area contributed by atoms with Gasteiger partial charge in [0.2, 0.25) is 0 Å². The predicted molar refractivity (Wildman–Crippen MR) is 111 cm³/mol. The van der Waals surface area contributed by atoms with Crippen LogP contribution in [0, 0.1) is 0 Å². The van der Waals surface area contributed by atoms with E-state index in [9.17, 15) is 0 Å². The number of H-pyrrole nitrogens is 1. The summed E-state index contributed by atoms with van der Waals surface area (Å²) in [5.74, 6) is 0. The fourth-order valence-electron chi connectivity index (χ4n) is 5.11. The summed E-state index contributed by atoms with van der Waals surface area (Å²) in [6.07, 6.45) is 3.34. The van der Waals surface area contributed by atoms with Crippen molar-refractivity contribution in [3.63, 3.8) is 0 Å². The van der Waals surface area contributed by atoms with Gasteiger partial charge in [-0.3, -0.25) is 0 Å². The first-order valence-electron chi connectivity index (χ1n) is 9.92. The van der Waals surface area contributed by atoms with Gasteiger partial charge in [-0.15, -0.1) is 0 Å².